The first kappa shape index (κ1) is 23.6. The van der Waals surface area contributed by atoms with Crippen molar-refractivity contribution in [2.24, 2.45) is 5.73 Å². The van der Waals surface area contributed by atoms with Gasteiger partial charge in [0.05, 0.1) is 12.7 Å². The van der Waals surface area contributed by atoms with Crippen LogP contribution in [-0.2, 0) is 4.79 Å². The van der Waals surface area contributed by atoms with E-state index in [2.05, 4.69) is 91.0 Å². The Morgan fingerprint density at radius 2 is 1.22 bits per heavy atom. The predicted molar refractivity (Wildman–Crippen MR) is 137 cm³/mol. The summed E-state index contributed by atoms with van der Waals surface area (Å²) in [6.07, 6.45) is 1.95. The maximum Gasteiger partial charge on any atom is 0.243 e. The van der Waals surface area contributed by atoms with Crippen LogP contribution < -0.4 is 21.6 Å². The molecule has 3 aromatic rings. The van der Waals surface area contributed by atoms with Crippen molar-refractivity contribution in [3.8, 4) is 0 Å². The average molecular weight is 448 g/mol. The zero-order valence-corrected chi connectivity index (χ0v) is 19.7. The largest absolute Gasteiger partial charge is 0.370 e. The quantitative estimate of drug-likeness (QED) is 0.301. The van der Waals surface area contributed by atoms with Crippen molar-refractivity contribution in [2.45, 2.75) is 6.42 Å². The Bertz CT molecular complexity index is 915. The standard InChI is InChI=1S/C26H32N4OP/c1-29(21-25(31)30(2)26(27)28)19-12-20-32(22-13-6-3-7-14-22,23-15-8-4-9-16-23)24-17-10-5-11-18-24/h3-11,13-18H,12,19-21H2,1-2H3,(H3,27,28)/q+1. The third kappa shape index (κ3) is 5.42. The molecule has 3 N–H and O–H groups in total. The minimum absolute atomic E-state index is 0.171. The van der Waals surface area contributed by atoms with Crippen molar-refractivity contribution >= 4 is 35.0 Å². The second-order valence-electron chi connectivity index (χ2n) is 7.97. The molecule has 5 nitrogen and oxygen atoms in total. The number of hydrogen-bond acceptors (Lipinski definition) is 3. The Kier molecular flexibility index (Phi) is 8.15. The number of nitrogens with two attached hydrogens (primary N) is 1. The summed E-state index contributed by atoms with van der Waals surface area (Å²) in [5.74, 6) is -0.402. The van der Waals surface area contributed by atoms with E-state index in [1.54, 1.807) is 0 Å². The van der Waals surface area contributed by atoms with E-state index < -0.39 is 7.26 Å². The van der Waals surface area contributed by atoms with Crippen LogP contribution in [-0.4, -0.2) is 55.0 Å². The molecule has 166 valence electrons. The molecule has 0 aliphatic heterocycles. The molecule has 0 bridgehead atoms. The molecule has 0 aliphatic rings. The molecular formula is C26H32N4OP+. The lowest BCUT2D eigenvalue weighted by atomic mass is 10.3. The van der Waals surface area contributed by atoms with Crippen LogP contribution in [0.25, 0.3) is 0 Å². The number of guanidine groups is 1. The summed E-state index contributed by atoms with van der Waals surface area (Å²) in [7, 11) is 1.63. The molecule has 0 heterocycles. The Morgan fingerprint density at radius 1 is 0.812 bits per heavy atom. The van der Waals surface area contributed by atoms with Crippen molar-refractivity contribution in [3.63, 3.8) is 0 Å². The highest BCUT2D eigenvalue weighted by Gasteiger charge is 2.44. The Labute approximate surface area is 191 Å². The number of likely N-dealkylation sites (N-methyl/N-ethyl adjacent to an activating group) is 2. The van der Waals surface area contributed by atoms with Gasteiger partial charge >= 0.3 is 0 Å². The van der Waals surface area contributed by atoms with Gasteiger partial charge in [-0.15, -0.1) is 0 Å². The highest BCUT2D eigenvalue weighted by Crippen LogP contribution is 2.55. The normalized spacial score (nSPS) is 11.3. The van der Waals surface area contributed by atoms with E-state index in [4.69, 9.17) is 11.1 Å². The van der Waals surface area contributed by atoms with Gasteiger partial charge in [0.1, 0.15) is 23.2 Å². The van der Waals surface area contributed by atoms with Crippen molar-refractivity contribution in [2.75, 3.05) is 33.3 Å². The molecule has 0 saturated carbocycles. The molecular weight excluding hydrogens is 415 g/mol. The summed E-state index contributed by atoms with van der Waals surface area (Å²) in [6.45, 7) is 1.02. The van der Waals surface area contributed by atoms with Gasteiger partial charge in [0.25, 0.3) is 0 Å². The number of carbonyl (C=O) groups is 1. The monoisotopic (exact) mass is 447 g/mol. The van der Waals surface area contributed by atoms with Crippen LogP contribution in [0.5, 0.6) is 0 Å². The van der Waals surface area contributed by atoms with E-state index in [1.165, 1.54) is 27.9 Å². The highest BCUT2D eigenvalue weighted by molar-refractivity contribution is 7.95. The molecule has 0 fully saturated rings. The Balaban J connectivity index is 1.89. The molecule has 0 radical (unpaired) electrons. The fourth-order valence-electron chi connectivity index (χ4n) is 4.01. The lowest BCUT2D eigenvalue weighted by molar-refractivity contribution is -0.127. The zero-order valence-electron chi connectivity index (χ0n) is 18.8. The molecule has 32 heavy (non-hydrogen) atoms. The number of rotatable bonds is 9. The second kappa shape index (κ2) is 11.0. The van der Waals surface area contributed by atoms with E-state index in [0.29, 0.717) is 0 Å². The fraction of sp³-hybridized carbons (Fsp3) is 0.231. The van der Waals surface area contributed by atoms with Gasteiger partial charge in [0.15, 0.2) is 5.96 Å². The van der Waals surface area contributed by atoms with E-state index in [9.17, 15) is 4.79 Å². The number of hydrogen-bond donors (Lipinski definition) is 2. The summed E-state index contributed by atoms with van der Waals surface area (Å²) < 4.78 is 0. The van der Waals surface area contributed by atoms with Gasteiger partial charge in [-0.05, 0) is 49.9 Å². The minimum Gasteiger partial charge on any atom is -0.370 e. The summed E-state index contributed by atoms with van der Waals surface area (Å²) in [5.41, 5.74) is 5.44. The van der Waals surface area contributed by atoms with E-state index in [0.717, 1.165) is 19.1 Å². The third-order valence-electron chi connectivity index (χ3n) is 5.76. The smallest absolute Gasteiger partial charge is 0.243 e. The van der Waals surface area contributed by atoms with Gasteiger partial charge in [-0.25, -0.2) is 0 Å². The molecule has 0 atom stereocenters. The van der Waals surface area contributed by atoms with Crippen LogP contribution in [0.4, 0.5) is 0 Å². The predicted octanol–water partition coefficient (Wildman–Crippen LogP) is 2.65. The first-order valence-corrected chi connectivity index (χ1v) is 12.8. The third-order valence-corrected chi connectivity index (χ3v) is 10.3. The van der Waals surface area contributed by atoms with Crippen LogP contribution in [0, 0.1) is 5.41 Å². The van der Waals surface area contributed by atoms with Crippen molar-refractivity contribution in [3.05, 3.63) is 91.0 Å². The lowest BCUT2D eigenvalue weighted by Gasteiger charge is -2.28. The summed E-state index contributed by atoms with van der Waals surface area (Å²) in [4.78, 5) is 15.5. The van der Waals surface area contributed by atoms with Crippen LogP contribution in [0.2, 0.25) is 0 Å². The Hall–Kier alpha value is -3.01. The van der Waals surface area contributed by atoms with Gasteiger partial charge in [0.2, 0.25) is 5.91 Å². The SMILES string of the molecule is CN(CCC[P+](c1ccccc1)(c1ccccc1)c1ccccc1)CC(=O)N(C)C(=N)N. The minimum atomic E-state index is -1.85. The molecule has 1 amide bonds. The van der Waals surface area contributed by atoms with Gasteiger partial charge in [0, 0.05) is 13.6 Å². The first-order chi connectivity index (χ1) is 15.4. The van der Waals surface area contributed by atoms with Gasteiger partial charge in [-0.3, -0.25) is 20.0 Å². The van der Waals surface area contributed by atoms with Gasteiger partial charge in [-0.1, -0.05) is 54.6 Å². The molecule has 0 aromatic heterocycles. The van der Waals surface area contributed by atoms with Crippen LogP contribution in [0.15, 0.2) is 91.0 Å². The van der Waals surface area contributed by atoms with Crippen molar-refractivity contribution in [1.29, 1.82) is 5.41 Å². The number of amides is 1. The summed E-state index contributed by atoms with van der Waals surface area (Å²) in [6, 6.07) is 32.5. The van der Waals surface area contributed by atoms with Crippen LogP contribution >= 0.6 is 7.26 Å². The van der Waals surface area contributed by atoms with Crippen LogP contribution in [0.1, 0.15) is 6.42 Å². The maximum atomic E-state index is 12.3. The first-order valence-electron chi connectivity index (χ1n) is 10.8. The molecule has 0 unspecified atom stereocenters. The van der Waals surface area contributed by atoms with Crippen molar-refractivity contribution in [1.82, 2.24) is 9.80 Å². The molecule has 3 rings (SSSR count). The van der Waals surface area contributed by atoms with Gasteiger partial charge in [-0.2, -0.15) is 0 Å². The second-order valence-corrected chi connectivity index (χ2v) is 11.6. The molecule has 3 aromatic carbocycles. The molecule has 6 heteroatoms. The number of carbonyl (C=O) groups excluding carboxylic acids is 1. The highest BCUT2D eigenvalue weighted by atomic mass is 31.2. The number of benzene rings is 3. The number of nitrogens with zero attached hydrogens (tertiary/aromatic N) is 2. The molecule has 0 saturated heterocycles. The zero-order chi connectivity index (χ0) is 23.0. The fourth-order valence-corrected chi connectivity index (χ4v) is 8.34. The average Bonchev–Trinajstić information content (AvgIpc) is 2.83. The van der Waals surface area contributed by atoms with Crippen LogP contribution in [0.3, 0.4) is 0 Å². The van der Waals surface area contributed by atoms with E-state index in [-0.39, 0.29) is 18.4 Å². The van der Waals surface area contributed by atoms with E-state index >= 15 is 0 Å². The topological polar surface area (TPSA) is 73.4 Å². The summed E-state index contributed by atoms with van der Waals surface area (Å²) in [5, 5.41) is 11.6. The Morgan fingerprint density at radius 3 is 1.59 bits per heavy atom. The molecule has 0 aliphatic carbocycles. The lowest BCUT2D eigenvalue weighted by Crippen LogP contribution is -2.43. The van der Waals surface area contributed by atoms with Gasteiger partial charge < -0.3 is 5.73 Å². The maximum absolute atomic E-state index is 12.3. The van der Waals surface area contributed by atoms with E-state index in [1.807, 2.05) is 11.9 Å². The van der Waals surface area contributed by atoms with Crippen molar-refractivity contribution < 1.29 is 4.79 Å². The number of nitrogens with one attached hydrogen (secondary N) is 1. The molecule has 0 spiro atoms. The summed E-state index contributed by atoms with van der Waals surface area (Å²) >= 11 is 0.